The van der Waals surface area contributed by atoms with Gasteiger partial charge in [0.1, 0.15) is 11.5 Å². The van der Waals surface area contributed by atoms with Crippen LogP contribution in [0.4, 0.5) is 5.69 Å². The maximum absolute atomic E-state index is 12.1. The van der Waals surface area contributed by atoms with Crippen LogP contribution in [0.25, 0.3) is 0 Å². The fourth-order valence-electron chi connectivity index (χ4n) is 1.71. The molecule has 1 amide bonds. The van der Waals surface area contributed by atoms with Gasteiger partial charge in [0, 0.05) is 16.5 Å². The number of rotatable bonds is 4. The number of carbonyl (C=O) groups is 1. The van der Waals surface area contributed by atoms with Gasteiger partial charge in [-0.15, -0.1) is 12.6 Å². The third-order valence-corrected chi connectivity index (χ3v) is 3.08. The molecule has 5 heteroatoms. The van der Waals surface area contributed by atoms with E-state index in [2.05, 4.69) is 17.9 Å². The molecule has 0 aliphatic rings. The monoisotopic (exact) mass is 289 g/mol. The lowest BCUT2D eigenvalue weighted by Gasteiger charge is -2.11. The molecule has 0 saturated carbocycles. The van der Waals surface area contributed by atoms with Crippen molar-refractivity contribution in [3.8, 4) is 11.5 Å². The Hall–Kier alpha value is -2.14. The first-order chi connectivity index (χ1) is 9.63. The molecule has 0 unspecified atom stereocenters. The Labute approximate surface area is 123 Å². The number of carbonyl (C=O) groups excluding carboxylic acids is 1. The molecular weight excluding hydrogens is 274 g/mol. The summed E-state index contributed by atoms with van der Waals surface area (Å²) >= 11 is 4.19. The predicted molar refractivity (Wildman–Crippen MR) is 81.2 cm³/mol. The van der Waals surface area contributed by atoms with Crippen molar-refractivity contribution in [2.45, 2.75) is 4.90 Å². The maximum atomic E-state index is 12.1. The van der Waals surface area contributed by atoms with E-state index in [1.165, 1.54) is 0 Å². The van der Waals surface area contributed by atoms with Crippen molar-refractivity contribution in [3.63, 3.8) is 0 Å². The highest BCUT2D eigenvalue weighted by Gasteiger charge is 2.10. The second-order valence-electron chi connectivity index (χ2n) is 4.07. The molecule has 0 bridgehead atoms. The van der Waals surface area contributed by atoms with Crippen LogP contribution < -0.4 is 14.8 Å². The summed E-state index contributed by atoms with van der Waals surface area (Å²) in [6.45, 7) is 0. The Morgan fingerprint density at radius 1 is 1.05 bits per heavy atom. The van der Waals surface area contributed by atoms with Gasteiger partial charge in [0.15, 0.2) is 0 Å². The molecule has 0 aliphatic heterocycles. The molecule has 104 valence electrons. The Morgan fingerprint density at radius 2 is 1.75 bits per heavy atom. The highest BCUT2D eigenvalue weighted by molar-refractivity contribution is 7.80. The van der Waals surface area contributed by atoms with Crippen molar-refractivity contribution >= 4 is 24.2 Å². The number of hydrogen-bond donors (Lipinski definition) is 2. The molecule has 2 rings (SSSR count). The molecular formula is C15H15NO3S. The number of ether oxygens (including phenoxy) is 2. The molecule has 0 aliphatic carbocycles. The summed E-state index contributed by atoms with van der Waals surface area (Å²) in [5.74, 6) is 1.00. The summed E-state index contributed by atoms with van der Waals surface area (Å²) in [5.41, 5.74) is 1.15. The van der Waals surface area contributed by atoms with E-state index in [9.17, 15) is 4.79 Å². The molecule has 1 N–H and O–H groups in total. The van der Waals surface area contributed by atoms with E-state index in [4.69, 9.17) is 9.47 Å². The minimum atomic E-state index is -0.207. The third-order valence-electron chi connectivity index (χ3n) is 2.79. The SMILES string of the molecule is COc1ccc(NC(=O)c2ccc(S)cc2)c(OC)c1. The highest BCUT2D eigenvalue weighted by atomic mass is 32.1. The molecule has 0 atom stereocenters. The zero-order valence-corrected chi connectivity index (χ0v) is 12.1. The average molecular weight is 289 g/mol. The number of benzene rings is 2. The van der Waals surface area contributed by atoms with Crippen molar-refractivity contribution in [2.75, 3.05) is 19.5 Å². The zero-order valence-electron chi connectivity index (χ0n) is 11.2. The van der Waals surface area contributed by atoms with Gasteiger partial charge in [0.05, 0.1) is 19.9 Å². The van der Waals surface area contributed by atoms with Crippen molar-refractivity contribution in [2.24, 2.45) is 0 Å². The van der Waals surface area contributed by atoms with E-state index in [1.54, 1.807) is 56.7 Å². The van der Waals surface area contributed by atoms with Gasteiger partial charge in [0.2, 0.25) is 0 Å². The van der Waals surface area contributed by atoms with Gasteiger partial charge in [-0.3, -0.25) is 4.79 Å². The van der Waals surface area contributed by atoms with Crippen LogP contribution in [0.2, 0.25) is 0 Å². The topological polar surface area (TPSA) is 47.6 Å². The number of methoxy groups -OCH3 is 2. The van der Waals surface area contributed by atoms with Crippen molar-refractivity contribution in [3.05, 3.63) is 48.0 Å². The lowest BCUT2D eigenvalue weighted by Crippen LogP contribution is -2.12. The second-order valence-corrected chi connectivity index (χ2v) is 4.58. The first-order valence-electron chi connectivity index (χ1n) is 5.96. The summed E-state index contributed by atoms with van der Waals surface area (Å²) in [5, 5.41) is 2.80. The molecule has 2 aromatic rings. The average Bonchev–Trinajstić information content (AvgIpc) is 2.48. The number of nitrogens with one attached hydrogen (secondary N) is 1. The Kier molecular flexibility index (Phi) is 4.53. The molecule has 0 fully saturated rings. The van der Waals surface area contributed by atoms with E-state index < -0.39 is 0 Å². The quantitative estimate of drug-likeness (QED) is 0.849. The fourth-order valence-corrected chi connectivity index (χ4v) is 1.86. The molecule has 2 aromatic carbocycles. The summed E-state index contributed by atoms with van der Waals surface area (Å²) in [4.78, 5) is 12.9. The predicted octanol–water partition coefficient (Wildman–Crippen LogP) is 3.24. The number of anilines is 1. The number of thiol groups is 1. The second kappa shape index (κ2) is 6.34. The maximum Gasteiger partial charge on any atom is 0.255 e. The summed E-state index contributed by atoms with van der Waals surface area (Å²) in [6, 6.07) is 12.2. The van der Waals surface area contributed by atoms with Crippen molar-refractivity contribution in [1.82, 2.24) is 0 Å². The first kappa shape index (κ1) is 14.3. The van der Waals surface area contributed by atoms with Crippen LogP contribution in [-0.4, -0.2) is 20.1 Å². The van der Waals surface area contributed by atoms with E-state index >= 15 is 0 Å². The van der Waals surface area contributed by atoms with Crippen LogP contribution in [-0.2, 0) is 0 Å². The van der Waals surface area contributed by atoms with Gasteiger partial charge in [-0.05, 0) is 36.4 Å². The summed E-state index contributed by atoms with van der Waals surface area (Å²) in [7, 11) is 3.12. The van der Waals surface area contributed by atoms with Crippen molar-refractivity contribution < 1.29 is 14.3 Å². The standard InChI is InChI=1S/C15H15NO3S/c1-18-11-5-8-13(14(9-11)19-2)16-15(17)10-3-6-12(20)7-4-10/h3-9,20H,1-2H3,(H,16,17). The number of hydrogen-bond acceptors (Lipinski definition) is 4. The van der Waals surface area contributed by atoms with Crippen LogP contribution in [0.15, 0.2) is 47.4 Å². The molecule has 0 heterocycles. The lowest BCUT2D eigenvalue weighted by atomic mass is 10.2. The summed E-state index contributed by atoms with van der Waals surface area (Å²) in [6.07, 6.45) is 0. The molecule has 0 radical (unpaired) electrons. The first-order valence-corrected chi connectivity index (χ1v) is 6.41. The van der Waals surface area contributed by atoms with Gasteiger partial charge in [0.25, 0.3) is 5.91 Å². The number of amides is 1. The Bertz CT molecular complexity index is 611. The lowest BCUT2D eigenvalue weighted by molar-refractivity contribution is 0.102. The third kappa shape index (κ3) is 3.24. The van der Waals surface area contributed by atoms with Crippen LogP contribution in [0, 0.1) is 0 Å². The highest BCUT2D eigenvalue weighted by Crippen LogP contribution is 2.29. The smallest absolute Gasteiger partial charge is 0.255 e. The normalized spacial score (nSPS) is 9.95. The Balaban J connectivity index is 2.21. The molecule has 0 aromatic heterocycles. The minimum absolute atomic E-state index is 0.207. The summed E-state index contributed by atoms with van der Waals surface area (Å²) < 4.78 is 10.4. The van der Waals surface area contributed by atoms with Gasteiger partial charge >= 0.3 is 0 Å². The van der Waals surface area contributed by atoms with E-state index in [0.717, 1.165) is 4.90 Å². The Morgan fingerprint density at radius 3 is 2.35 bits per heavy atom. The molecule has 0 saturated heterocycles. The van der Waals surface area contributed by atoms with E-state index in [-0.39, 0.29) is 5.91 Å². The largest absolute Gasteiger partial charge is 0.497 e. The van der Waals surface area contributed by atoms with Crippen LogP contribution in [0.1, 0.15) is 10.4 Å². The molecule has 0 spiro atoms. The zero-order chi connectivity index (χ0) is 14.5. The minimum Gasteiger partial charge on any atom is -0.497 e. The van der Waals surface area contributed by atoms with Crippen LogP contribution in [0.5, 0.6) is 11.5 Å². The van der Waals surface area contributed by atoms with Crippen LogP contribution >= 0.6 is 12.6 Å². The fraction of sp³-hybridized carbons (Fsp3) is 0.133. The van der Waals surface area contributed by atoms with Gasteiger partial charge < -0.3 is 14.8 Å². The van der Waals surface area contributed by atoms with Crippen molar-refractivity contribution in [1.29, 1.82) is 0 Å². The van der Waals surface area contributed by atoms with E-state index in [1.807, 2.05) is 0 Å². The van der Waals surface area contributed by atoms with Gasteiger partial charge in [-0.2, -0.15) is 0 Å². The molecule has 4 nitrogen and oxygen atoms in total. The van der Waals surface area contributed by atoms with E-state index in [0.29, 0.717) is 22.7 Å². The van der Waals surface area contributed by atoms with Gasteiger partial charge in [-0.25, -0.2) is 0 Å². The molecule has 20 heavy (non-hydrogen) atoms. The van der Waals surface area contributed by atoms with Crippen LogP contribution in [0.3, 0.4) is 0 Å². The van der Waals surface area contributed by atoms with Gasteiger partial charge in [-0.1, -0.05) is 0 Å².